The van der Waals surface area contributed by atoms with Crippen molar-refractivity contribution in [2.24, 2.45) is 0 Å². The minimum Gasteiger partial charge on any atom is -0.309 e. The monoisotopic (exact) mass is 1000 g/mol. The molecule has 6 aromatic heterocycles. The molecule has 0 saturated carbocycles. The highest BCUT2D eigenvalue weighted by Crippen LogP contribution is 2.58. The maximum absolute atomic E-state index is 5.32. The van der Waals surface area contributed by atoms with Crippen molar-refractivity contribution in [3.8, 4) is 45.0 Å². The van der Waals surface area contributed by atoms with Crippen LogP contribution in [-0.4, -0.2) is 29.1 Å². The first-order chi connectivity index (χ1) is 39.2. The molecule has 0 atom stereocenters. The van der Waals surface area contributed by atoms with Crippen molar-refractivity contribution in [1.82, 2.24) is 29.1 Å². The summed E-state index contributed by atoms with van der Waals surface area (Å²) < 4.78 is 4.89. The van der Waals surface area contributed by atoms with Gasteiger partial charge >= 0.3 is 0 Å². The van der Waals surface area contributed by atoms with Crippen LogP contribution in [0.4, 0.5) is 0 Å². The van der Waals surface area contributed by atoms with Crippen LogP contribution in [0.5, 0.6) is 0 Å². The Hall–Kier alpha value is -10.6. The number of rotatable bonds is 6. The van der Waals surface area contributed by atoms with Gasteiger partial charge in [-0.2, -0.15) is 0 Å². The van der Waals surface area contributed by atoms with Gasteiger partial charge in [0, 0.05) is 78.0 Å². The Morgan fingerprint density at radius 2 is 0.646 bits per heavy atom. The Morgan fingerprint density at radius 3 is 1.04 bits per heavy atom. The molecular formula is C73H44N6. The van der Waals surface area contributed by atoms with Crippen molar-refractivity contribution >= 4 is 87.2 Å². The lowest BCUT2D eigenvalue weighted by atomic mass is 9.67. The van der Waals surface area contributed by atoms with Crippen molar-refractivity contribution < 1.29 is 0 Å². The second-order valence-electron chi connectivity index (χ2n) is 20.9. The van der Waals surface area contributed by atoms with E-state index < -0.39 is 5.41 Å². The van der Waals surface area contributed by atoms with Gasteiger partial charge in [0.25, 0.3) is 0 Å². The Balaban J connectivity index is 0.934. The summed E-state index contributed by atoms with van der Waals surface area (Å²) in [6, 6.07) is 93.2. The van der Waals surface area contributed by atoms with Crippen molar-refractivity contribution in [2.45, 2.75) is 5.41 Å². The Bertz CT molecular complexity index is 4770. The van der Waals surface area contributed by atoms with E-state index in [-0.39, 0.29) is 0 Å². The molecule has 0 fully saturated rings. The Morgan fingerprint density at radius 1 is 0.291 bits per heavy atom. The first-order valence-corrected chi connectivity index (χ1v) is 26.9. The third-order valence-electron chi connectivity index (χ3n) is 16.9. The van der Waals surface area contributed by atoms with Crippen molar-refractivity contribution in [3.05, 3.63) is 289 Å². The molecule has 0 bridgehead atoms. The number of benzene rings is 10. The molecule has 6 heterocycles. The normalized spacial score (nSPS) is 12.9. The molecule has 0 radical (unpaired) electrons. The van der Waals surface area contributed by atoms with Gasteiger partial charge in [-0.05, 0) is 106 Å². The maximum atomic E-state index is 5.32. The smallest absolute Gasteiger partial charge is 0.0972 e. The van der Waals surface area contributed by atoms with Gasteiger partial charge in [-0.15, -0.1) is 0 Å². The zero-order valence-corrected chi connectivity index (χ0v) is 42.6. The molecule has 0 saturated heterocycles. The number of nitrogens with zero attached hydrogens (tertiary/aromatic N) is 6. The van der Waals surface area contributed by atoms with Crippen molar-refractivity contribution in [1.29, 1.82) is 0 Å². The lowest BCUT2D eigenvalue weighted by Crippen LogP contribution is -2.29. The van der Waals surface area contributed by atoms with Gasteiger partial charge in [-0.25, -0.2) is 9.97 Å². The van der Waals surface area contributed by atoms with Gasteiger partial charge in [-0.1, -0.05) is 182 Å². The fourth-order valence-electron chi connectivity index (χ4n) is 13.3. The molecule has 1 aliphatic carbocycles. The van der Waals surface area contributed by atoms with Crippen LogP contribution in [0.25, 0.3) is 132 Å². The van der Waals surface area contributed by atoms with Gasteiger partial charge in [-0.3, -0.25) is 9.97 Å². The molecule has 0 aliphatic heterocycles. The average Bonchev–Trinajstić information content (AvgIpc) is 4.35. The van der Waals surface area contributed by atoms with Crippen LogP contribution in [0.2, 0.25) is 0 Å². The largest absolute Gasteiger partial charge is 0.309 e. The molecule has 6 heteroatoms. The van der Waals surface area contributed by atoms with Crippen LogP contribution in [0.3, 0.4) is 0 Å². The first-order valence-electron chi connectivity index (χ1n) is 26.9. The summed E-state index contributed by atoms with van der Waals surface area (Å²) in [6.07, 6.45) is 3.70. The summed E-state index contributed by atoms with van der Waals surface area (Å²) in [5, 5.41) is 9.19. The number of pyridine rings is 4. The number of para-hydroxylation sites is 4. The second-order valence-corrected chi connectivity index (χ2v) is 20.9. The summed E-state index contributed by atoms with van der Waals surface area (Å²) in [5.41, 5.74) is 20.7. The van der Waals surface area contributed by atoms with Crippen LogP contribution < -0.4 is 0 Å². The standard InChI is InChI=1S/C73H44N6/c1-5-17-65-57(13-1)58-14-2-6-18-66(58)78(65)53-35-37-55-56-38-36-54(79-67-19-7-3-15-59(67)60-16-4-8-20-68(60)79)44-62(56)73(61(55)43-53,51-31-25-45(26-32-51)63-39-29-49-23-21-47-11-9-41-74-69(47)71(49)76-63)52-33-27-46(28-34-52)64-40-30-50-24-22-48-12-10-42-75-70(48)72(50)77-64/h1-44H. The molecule has 0 unspecified atom stereocenters. The van der Waals surface area contributed by atoms with Crippen LogP contribution in [0.1, 0.15) is 22.3 Å². The highest BCUT2D eigenvalue weighted by Gasteiger charge is 2.47. The number of aromatic nitrogens is 6. The Kier molecular flexibility index (Phi) is 9.24. The van der Waals surface area contributed by atoms with Crippen molar-refractivity contribution in [2.75, 3.05) is 0 Å². The summed E-state index contributed by atoms with van der Waals surface area (Å²) in [4.78, 5) is 20.2. The average molecular weight is 1010 g/mol. The predicted octanol–water partition coefficient (Wildman–Crippen LogP) is 17.8. The molecule has 17 rings (SSSR count). The highest BCUT2D eigenvalue weighted by atomic mass is 15.0. The predicted molar refractivity (Wildman–Crippen MR) is 325 cm³/mol. The lowest BCUT2D eigenvalue weighted by molar-refractivity contribution is 0.767. The fourth-order valence-corrected chi connectivity index (χ4v) is 13.3. The third kappa shape index (κ3) is 6.34. The first kappa shape index (κ1) is 43.7. The number of hydrogen-bond donors (Lipinski definition) is 0. The fraction of sp³-hybridized carbons (Fsp3) is 0.0137. The van der Waals surface area contributed by atoms with E-state index in [0.717, 1.165) is 88.6 Å². The minimum absolute atomic E-state index is 0.806. The van der Waals surface area contributed by atoms with Gasteiger partial charge in [0.1, 0.15) is 0 Å². The number of hydrogen-bond acceptors (Lipinski definition) is 4. The Labute approximate surface area is 453 Å². The van der Waals surface area contributed by atoms with E-state index in [0.29, 0.717) is 0 Å². The molecule has 10 aromatic carbocycles. The molecule has 16 aromatic rings. The van der Waals surface area contributed by atoms with E-state index in [2.05, 4.69) is 252 Å². The second kappa shape index (κ2) is 16.7. The molecule has 0 amide bonds. The van der Waals surface area contributed by atoms with Crippen LogP contribution >= 0.6 is 0 Å². The van der Waals surface area contributed by atoms with E-state index in [1.165, 1.54) is 65.9 Å². The quantitative estimate of drug-likeness (QED) is 0.156. The maximum Gasteiger partial charge on any atom is 0.0972 e. The molecule has 0 N–H and O–H groups in total. The lowest BCUT2D eigenvalue weighted by Gasteiger charge is -2.34. The molecular weight excluding hydrogens is 961 g/mol. The van der Waals surface area contributed by atoms with Gasteiger partial charge in [0.15, 0.2) is 0 Å². The molecule has 1 aliphatic rings. The zero-order valence-electron chi connectivity index (χ0n) is 42.6. The molecule has 366 valence electrons. The van der Waals surface area contributed by atoms with Gasteiger partial charge < -0.3 is 9.13 Å². The van der Waals surface area contributed by atoms with E-state index in [1.807, 2.05) is 24.5 Å². The summed E-state index contributed by atoms with van der Waals surface area (Å²) in [7, 11) is 0. The third-order valence-corrected chi connectivity index (χ3v) is 16.9. The van der Waals surface area contributed by atoms with E-state index >= 15 is 0 Å². The van der Waals surface area contributed by atoms with Gasteiger partial charge in [0.05, 0.1) is 60.9 Å². The number of fused-ring (bicyclic) bond motifs is 15. The summed E-state index contributed by atoms with van der Waals surface area (Å²) in [6.45, 7) is 0. The van der Waals surface area contributed by atoms with Crippen LogP contribution in [0.15, 0.2) is 267 Å². The highest BCUT2D eigenvalue weighted by molar-refractivity contribution is 6.11. The topological polar surface area (TPSA) is 61.4 Å². The van der Waals surface area contributed by atoms with Gasteiger partial charge in [0.2, 0.25) is 0 Å². The zero-order chi connectivity index (χ0) is 51.8. The SMILES string of the molecule is c1cnc2c(c1)ccc1ccc(-c3ccc(C4(c5ccc(-c6ccc7ccc8cccnc8c7n6)cc5)c5cc(-n6c7ccccc7c7ccccc76)ccc5-c5ccc(-n6c7ccccc7c7ccccc76)cc54)cc3)nc12. The van der Waals surface area contributed by atoms with Crippen LogP contribution in [-0.2, 0) is 5.41 Å². The minimum atomic E-state index is -0.806. The van der Waals surface area contributed by atoms with Crippen LogP contribution in [0, 0.1) is 0 Å². The molecule has 79 heavy (non-hydrogen) atoms. The van der Waals surface area contributed by atoms with Crippen molar-refractivity contribution in [3.63, 3.8) is 0 Å². The summed E-state index contributed by atoms with van der Waals surface area (Å²) >= 11 is 0. The summed E-state index contributed by atoms with van der Waals surface area (Å²) in [5.74, 6) is 0. The molecule has 0 spiro atoms. The molecule has 6 nitrogen and oxygen atoms in total. The van der Waals surface area contributed by atoms with E-state index in [9.17, 15) is 0 Å². The van der Waals surface area contributed by atoms with E-state index in [4.69, 9.17) is 19.9 Å². The van der Waals surface area contributed by atoms with E-state index in [1.54, 1.807) is 0 Å².